The summed E-state index contributed by atoms with van der Waals surface area (Å²) < 4.78 is 10.5. The first-order chi connectivity index (χ1) is 7.66. The van der Waals surface area contributed by atoms with E-state index in [0.717, 1.165) is 10.6 Å². The zero-order chi connectivity index (χ0) is 11.5. The van der Waals surface area contributed by atoms with Gasteiger partial charge in [0.25, 0.3) is 5.91 Å². The third-order valence-corrected chi connectivity index (χ3v) is 3.36. The number of carbonyl (C=O) groups is 1. The fourth-order valence-corrected chi connectivity index (χ4v) is 2.17. The van der Waals surface area contributed by atoms with Crippen LogP contribution in [0.3, 0.4) is 0 Å². The molecule has 2 heterocycles. The molecular formula is C10H14N2O3S. The Labute approximate surface area is 97.8 Å². The lowest BCUT2D eigenvalue weighted by atomic mass is 10.3. The summed E-state index contributed by atoms with van der Waals surface area (Å²) in [6.07, 6.45) is -0.515. The summed E-state index contributed by atoms with van der Waals surface area (Å²) in [4.78, 5) is 17.1. The van der Waals surface area contributed by atoms with Crippen LogP contribution in [-0.4, -0.2) is 36.8 Å². The molecule has 0 saturated carbocycles. The van der Waals surface area contributed by atoms with Crippen LogP contribution in [0.2, 0.25) is 0 Å². The van der Waals surface area contributed by atoms with Crippen LogP contribution in [0.1, 0.15) is 10.6 Å². The number of carbonyl (C=O) groups excluding carboxylic acids is 1. The van der Waals surface area contributed by atoms with Crippen molar-refractivity contribution in [1.82, 2.24) is 4.98 Å². The van der Waals surface area contributed by atoms with Gasteiger partial charge in [0.2, 0.25) is 0 Å². The lowest BCUT2D eigenvalue weighted by Crippen LogP contribution is -2.39. The molecule has 1 saturated heterocycles. The topological polar surface area (TPSA) is 60.5 Å². The SMILES string of the molecule is Cc1nc(NC(=O)C2COCCO2)sc1C. The summed E-state index contributed by atoms with van der Waals surface area (Å²) in [5, 5.41) is 3.36. The quantitative estimate of drug-likeness (QED) is 0.844. The average molecular weight is 242 g/mol. The second-order valence-corrected chi connectivity index (χ2v) is 4.79. The van der Waals surface area contributed by atoms with Gasteiger partial charge in [-0.1, -0.05) is 0 Å². The van der Waals surface area contributed by atoms with Crippen molar-refractivity contribution in [2.24, 2.45) is 0 Å². The molecule has 1 aromatic rings. The molecule has 1 aromatic heterocycles. The number of hydrogen-bond acceptors (Lipinski definition) is 5. The second-order valence-electron chi connectivity index (χ2n) is 3.58. The van der Waals surface area contributed by atoms with Crippen LogP contribution in [0, 0.1) is 13.8 Å². The van der Waals surface area contributed by atoms with E-state index in [-0.39, 0.29) is 5.91 Å². The Morgan fingerprint density at radius 3 is 2.88 bits per heavy atom. The molecule has 0 radical (unpaired) electrons. The Morgan fingerprint density at radius 1 is 1.50 bits per heavy atom. The number of rotatable bonds is 2. The average Bonchev–Trinajstić information content (AvgIpc) is 2.59. The molecule has 0 aromatic carbocycles. The number of nitrogens with one attached hydrogen (secondary N) is 1. The highest BCUT2D eigenvalue weighted by Crippen LogP contribution is 2.21. The first kappa shape index (κ1) is 11.5. The van der Waals surface area contributed by atoms with E-state index < -0.39 is 6.10 Å². The Kier molecular flexibility index (Phi) is 3.52. The molecule has 1 aliphatic rings. The van der Waals surface area contributed by atoms with E-state index in [1.165, 1.54) is 11.3 Å². The van der Waals surface area contributed by atoms with E-state index in [1.54, 1.807) is 0 Å². The lowest BCUT2D eigenvalue weighted by molar-refractivity contribution is -0.142. The van der Waals surface area contributed by atoms with Gasteiger partial charge in [0, 0.05) is 4.88 Å². The Morgan fingerprint density at radius 2 is 2.31 bits per heavy atom. The lowest BCUT2D eigenvalue weighted by Gasteiger charge is -2.21. The molecule has 0 aliphatic carbocycles. The Bertz CT molecular complexity index is 366. The number of amides is 1. The summed E-state index contributed by atoms with van der Waals surface area (Å²) >= 11 is 1.47. The molecule has 16 heavy (non-hydrogen) atoms. The minimum atomic E-state index is -0.515. The molecule has 1 fully saturated rings. The molecular weight excluding hydrogens is 228 g/mol. The van der Waals surface area contributed by atoms with Crippen molar-refractivity contribution in [3.8, 4) is 0 Å². The number of thiazole rings is 1. The minimum absolute atomic E-state index is 0.187. The van der Waals surface area contributed by atoms with Crippen LogP contribution < -0.4 is 5.32 Å². The maximum Gasteiger partial charge on any atom is 0.257 e. The molecule has 6 heteroatoms. The largest absolute Gasteiger partial charge is 0.376 e. The fraction of sp³-hybridized carbons (Fsp3) is 0.600. The van der Waals surface area contributed by atoms with E-state index in [4.69, 9.17) is 9.47 Å². The van der Waals surface area contributed by atoms with Gasteiger partial charge in [-0.3, -0.25) is 10.1 Å². The molecule has 0 bridgehead atoms. The summed E-state index contributed by atoms with van der Waals surface area (Å²) in [5.74, 6) is -0.187. The molecule has 1 unspecified atom stereocenters. The number of hydrogen-bond donors (Lipinski definition) is 1. The molecule has 1 amide bonds. The minimum Gasteiger partial charge on any atom is -0.376 e. The summed E-state index contributed by atoms with van der Waals surface area (Å²) in [6, 6.07) is 0. The van der Waals surface area contributed by atoms with Crippen LogP contribution in [0.4, 0.5) is 5.13 Å². The third-order valence-electron chi connectivity index (χ3n) is 2.37. The van der Waals surface area contributed by atoms with Gasteiger partial charge in [0.15, 0.2) is 11.2 Å². The van der Waals surface area contributed by atoms with Crippen molar-refractivity contribution < 1.29 is 14.3 Å². The van der Waals surface area contributed by atoms with Gasteiger partial charge in [0.05, 0.1) is 25.5 Å². The van der Waals surface area contributed by atoms with E-state index in [1.807, 2.05) is 13.8 Å². The van der Waals surface area contributed by atoms with Crippen LogP contribution in [0.15, 0.2) is 0 Å². The molecule has 1 atom stereocenters. The number of aromatic nitrogens is 1. The van der Waals surface area contributed by atoms with Gasteiger partial charge in [-0.2, -0.15) is 0 Å². The van der Waals surface area contributed by atoms with Crippen molar-refractivity contribution in [1.29, 1.82) is 0 Å². The van der Waals surface area contributed by atoms with E-state index in [9.17, 15) is 4.79 Å². The maximum absolute atomic E-state index is 11.7. The molecule has 5 nitrogen and oxygen atoms in total. The normalized spacial score (nSPS) is 20.8. The van der Waals surface area contributed by atoms with Gasteiger partial charge in [-0.15, -0.1) is 11.3 Å². The van der Waals surface area contributed by atoms with Gasteiger partial charge in [-0.05, 0) is 13.8 Å². The fourth-order valence-electron chi connectivity index (χ4n) is 1.35. The van der Waals surface area contributed by atoms with E-state index in [0.29, 0.717) is 25.0 Å². The Hall–Kier alpha value is -0.980. The zero-order valence-electron chi connectivity index (χ0n) is 9.28. The van der Waals surface area contributed by atoms with Gasteiger partial charge >= 0.3 is 0 Å². The number of nitrogens with zero attached hydrogens (tertiary/aromatic N) is 1. The molecule has 1 aliphatic heterocycles. The first-order valence-corrected chi connectivity index (χ1v) is 5.92. The second kappa shape index (κ2) is 4.90. The monoisotopic (exact) mass is 242 g/mol. The predicted octanol–water partition coefficient (Wildman–Crippen LogP) is 1.11. The molecule has 0 spiro atoms. The smallest absolute Gasteiger partial charge is 0.257 e. The zero-order valence-corrected chi connectivity index (χ0v) is 10.1. The summed E-state index contributed by atoms with van der Waals surface area (Å²) in [6.45, 7) is 5.23. The van der Waals surface area contributed by atoms with Crippen molar-refractivity contribution in [3.63, 3.8) is 0 Å². The van der Waals surface area contributed by atoms with Crippen LogP contribution >= 0.6 is 11.3 Å². The van der Waals surface area contributed by atoms with Crippen molar-refractivity contribution >= 4 is 22.4 Å². The third kappa shape index (κ3) is 2.58. The summed E-state index contributed by atoms with van der Waals surface area (Å²) in [5.41, 5.74) is 0.945. The molecule has 1 N–H and O–H groups in total. The van der Waals surface area contributed by atoms with E-state index in [2.05, 4.69) is 10.3 Å². The van der Waals surface area contributed by atoms with Crippen molar-refractivity contribution in [3.05, 3.63) is 10.6 Å². The highest BCUT2D eigenvalue weighted by molar-refractivity contribution is 7.15. The Balaban J connectivity index is 1.95. The van der Waals surface area contributed by atoms with Gasteiger partial charge in [-0.25, -0.2) is 4.98 Å². The highest BCUT2D eigenvalue weighted by atomic mass is 32.1. The van der Waals surface area contributed by atoms with Crippen molar-refractivity contribution in [2.75, 3.05) is 25.1 Å². The molecule has 2 rings (SSSR count). The summed E-state index contributed by atoms with van der Waals surface area (Å²) in [7, 11) is 0. The highest BCUT2D eigenvalue weighted by Gasteiger charge is 2.23. The maximum atomic E-state index is 11.7. The van der Waals surface area contributed by atoms with Gasteiger partial charge < -0.3 is 9.47 Å². The van der Waals surface area contributed by atoms with Crippen LogP contribution in [-0.2, 0) is 14.3 Å². The number of aryl methyl sites for hydroxylation is 2. The van der Waals surface area contributed by atoms with E-state index >= 15 is 0 Å². The number of ether oxygens (including phenoxy) is 2. The first-order valence-electron chi connectivity index (χ1n) is 5.11. The standard InChI is InChI=1S/C10H14N2O3S/c1-6-7(2)16-10(11-6)12-9(13)8-5-14-3-4-15-8/h8H,3-5H2,1-2H3,(H,11,12,13). The number of anilines is 1. The van der Waals surface area contributed by atoms with Crippen LogP contribution in [0.5, 0.6) is 0 Å². The van der Waals surface area contributed by atoms with Gasteiger partial charge in [0.1, 0.15) is 0 Å². The van der Waals surface area contributed by atoms with Crippen molar-refractivity contribution in [2.45, 2.75) is 20.0 Å². The predicted molar refractivity (Wildman–Crippen MR) is 60.8 cm³/mol. The molecule has 88 valence electrons. The van der Waals surface area contributed by atoms with Crippen LogP contribution in [0.25, 0.3) is 0 Å².